The molecule has 0 radical (unpaired) electrons. The predicted octanol–water partition coefficient (Wildman–Crippen LogP) is 3.14. The molecule has 0 bridgehead atoms. The summed E-state index contributed by atoms with van der Waals surface area (Å²) in [7, 11) is 0. The molecule has 1 aliphatic carbocycles. The second-order valence-electron chi connectivity index (χ2n) is 5.32. The normalized spacial score (nSPS) is 22.6. The van der Waals surface area contributed by atoms with Crippen molar-refractivity contribution in [2.24, 2.45) is 5.41 Å². The fourth-order valence-corrected chi connectivity index (χ4v) is 3.26. The van der Waals surface area contributed by atoms with Gasteiger partial charge in [-0.1, -0.05) is 31.6 Å². The highest BCUT2D eigenvalue weighted by Crippen LogP contribution is 2.39. The fourth-order valence-electron chi connectivity index (χ4n) is 2.40. The molecule has 0 aliphatic heterocycles. The van der Waals surface area contributed by atoms with Crippen molar-refractivity contribution in [3.63, 3.8) is 0 Å². The van der Waals surface area contributed by atoms with E-state index in [1.54, 1.807) is 6.92 Å². The first-order valence-electron chi connectivity index (χ1n) is 5.87. The van der Waals surface area contributed by atoms with Crippen LogP contribution in [0.2, 0.25) is 0 Å². The Morgan fingerprint density at radius 1 is 1.59 bits per heavy atom. The number of aryl methyl sites for hydroxylation is 1. The van der Waals surface area contributed by atoms with Gasteiger partial charge in [-0.3, -0.25) is 0 Å². The van der Waals surface area contributed by atoms with E-state index in [1.165, 1.54) is 24.2 Å². The molecule has 94 valence electrons. The SMILES string of the molecule is Cc1nc(NC2CCCC2(C)C)sc1C(=O)O. The van der Waals surface area contributed by atoms with E-state index < -0.39 is 5.97 Å². The average Bonchev–Trinajstić information content (AvgIpc) is 2.72. The summed E-state index contributed by atoms with van der Waals surface area (Å²) in [6, 6.07) is 0.398. The van der Waals surface area contributed by atoms with Gasteiger partial charge in [0.1, 0.15) is 4.88 Å². The van der Waals surface area contributed by atoms with Crippen molar-refractivity contribution in [1.29, 1.82) is 0 Å². The van der Waals surface area contributed by atoms with Gasteiger partial charge in [0.2, 0.25) is 0 Å². The molecule has 1 unspecified atom stereocenters. The Labute approximate surface area is 105 Å². The van der Waals surface area contributed by atoms with Crippen LogP contribution in [-0.4, -0.2) is 22.1 Å². The Kier molecular flexibility index (Phi) is 3.12. The average molecular weight is 254 g/mol. The van der Waals surface area contributed by atoms with E-state index >= 15 is 0 Å². The molecule has 17 heavy (non-hydrogen) atoms. The Morgan fingerprint density at radius 2 is 2.29 bits per heavy atom. The van der Waals surface area contributed by atoms with Crippen LogP contribution in [0.4, 0.5) is 5.13 Å². The summed E-state index contributed by atoms with van der Waals surface area (Å²) in [5.74, 6) is -0.890. The van der Waals surface area contributed by atoms with Crippen molar-refractivity contribution in [2.75, 3.05) is 5.32 Å². The van der Waals surface area contributed by atoms with Crippen LogP contribution in [0.3, 0.4) is 0 Å². The van der Waals surface area contributed by atoms with Gasteiger partial charge in [0.15, 0.2) is 5.13 Å². The molecule has 1 saturated carbocycles. The van der Waals surface area contributed by atoms with Crippen LogP contribution in [0.15, 0.2) is 0 Å². The highest BCUT2D eigenvalue weighted by molar-refractivity contribution is 7.17. The molecule has 4 nitrogen and oxygen atoms in total. The summed E-state index contributed by atoms with van der Waals surface area (Å²) in [6.07, 6.45) is 3.57. The summed E-state index contributed by atoms with van der Waals surface area (Å²) in [5, 5.41) is 13.1. The summed E-state index contributed by atoms with van der Waals surface area (Å²) in [4.78, 5) is 15.6. The summed E-state index contributed by atoms with van der Waals surface area (Å²) in [5.41, 5.74) is 0.865. The predicted molar refractivity (Wildman–Crippen MR) is 68.9 cm³/mol. The zero-order valence-electron chi connectivity index (χ0n) is 10.4. The summed E-state index contributed by atoms with van der Waals surface area (Å²) < 4.78 is 0. The number of aromatic carboxylic acids is 1. The lowest BCUT2D eigenvalue weighted by Gasteiger charge is -2.27. The van der Waals surface area contributed by atoms with Gasteiger partial charge >= 0.3 is 5.97 Å². The van der Waals surface area contributed by atoms with Gasteiger partial charge in [-0.2, -0.15) is 0 Å². The van der Waals surface area contributed by atoms with Crippen molar-refractivity contribution in [3.8, 4) is 0 Å². The van der Waals surface area contributed by atoms with Crippen LogP contribution in [0, 0.1) is 12.3 Å². The minimum absolute atomic E-state index is 0.267. The third-order valence-corrected chi connectivity index (χ3v) is 4.62. The number of thiazole rings is 1. The molecule has 1 aromatic rings. The van der Waals surface area contributed by atoms with Crippen molar-refractivity contribution in [1.82, 2.24) is 4.98 Å². The number of nitrogens with zero attached hydrogens (tertiary/aromatic N) is 1. The van der Waals surface area contributed by atoms with Crippen LogP contribution in [0.1, 0.15) is 48.5 Å². The van der Waals surface area contributed by atoms with E-state index in [2.05, 4.69) is 24.1 Å². The first-order valence-corrected chi connectivity index (χ1v) is 6.69. The highest BCUT2D eigenvalue weighted by Gasteiger charge is 2.35. The molecule has 2 rings (SSSR count). The summed E-state index contributed by atoms with van der Waals surface area (Å²) in [6.45, 7) is 6.23. The number of carboxylic acid groups (broad SMARTS) is 1. The molecule has 1 heterocycles. The number of rotatable bonds is 3. The molecule has 0 amide bonds. The maximum atomic E-state index is 10.9. The lowest BCUT2D eigenvalue weighted by atomic mass is 9.87. The van der Waals surface area contributed by atoms with E-state index in [0.29, 0.717) is 16.6 Å². The van der Waals surface area contributed by atoms with E-state index in [0.717, 1.165) is 11.6 Å². The lowest BCUT2D eigenvalue weighted by molar-refractivity contribution is 0.0701. The highest BCUT2D eigenvalue weighted by atomic mass is 32.1. The molecule has 0 saturated heterocycles. The van der Waals surface area contributed by atoms with Crippen molar-refractivity contribution in [3.05, 3.63) is 10.6 Å². The smallest absolute Gasteiger partial charge is 0.347 e. The fraction of sp³-hybridized carbons (Fsp3) is 0.667. The minimum Gasteiger partial charge on any atom is -0.477 e. The van der Waals surface area contributed by atoms with Gasteiger partial charge in [-0.05, 0) is 25.2 Å². The second-order valence-corrected chi connectivity index (χ2v) is 6.32. The Morgan fingerprint density at radius 3 is 2.76 bits per heavy atom. The van der Waals surface area contributed by atoms with Crippen LogP contribution in [0.25, 0.3) is 0 Å². The van der Waals surface area contributed by atoms with Gasteiger partial charge in [-0.15, -0.1) is 0 Å². The molecule has 1 atom stereocenters. The van der Waals surface area contributed by atoms with Crippen LogP contribution in [-0.2, 0) is 0 Å². The van der Waals surface area contributed by atoms with Gasteiger partial charge in [0.05, 0.1) is 5.69 Å². The number of hydrogen-bond donors (Lipinski definition) is 2. The van der Waals surface area contributed by atoms with E-state index in [9.17, 15) is 4.79 Å². The molecular weight excluding hydrogens is 236 g/mol. The number of hydrogen-bond acceptors (Lipinski definition) is 4. The molecule has 5 heteroatoms. The Balaban J connectivity index is 2.14. The monoisotopic (exact) mass is 254 g/mol. The molecule has 1 aromatic heterocycles. The van der Waals surface area contributed by atoms with Gasteiger partial charge in [0, 0.05) is 6.04 Å². The van der Waals surface area contributed by atoms with Crippen molar-refractivity contribution >= 4 is 22.4 Å². The molecule has 0 spiro atoms. The lowest BCUT2D eigenvalue weighted by Crippen LogP contribution is -2.30. The van der Waals surface area contributed by atoms with Gasteiger partial charge in [-0.25, -0.2) is 9.78 Å². The minimum atomic E-state index is -0.890. The largest absolute Gasteiger partial charge is 0.477 e. The number of nitrogens with one attached hydrogen (secondary N) is 1. The second kappa shape index (κ2) is 4.29. The first kappa shape index (κ1) is 12.4. The third-order valence-electron chi connectivity index (χ3n) is 3.55. The molecule has 2 N–H and O–H groups in total. The van der Waals surface area contributed by atoms with E-state index in [-0.39, 0.29) is 5.41 Å². The maximum Gasteiger partial charge on any atom is 0.347 e. The molecule has 1 aliphatic rings. The standard InChI is InChI=1S/C12H18N2O2S/c1-7-9(10(15)16)17-11(13-7)14-8-5-4-6-12(8,2)3/h8H,4-6H2,1-3H3,(H,13,14)(H,15,16). The third kappa shape index (κ3) is 2.44. The topological polar surface area (TPSA) is 62.2 Å². The first-order chi connectivity index (χ1) is 7.90. The molecule has 1 fully saturated rings. The maximum absolute atomic E-state index is 10.9. The van der Waals surface area contributed by atoms with Crippen LogP contribution >= 0.6 is 11.3 Å². The van der Waals surface area contributed by atoms with E-state index in [4.69, 9.17) is 5.11 Å². The van der Waals surface area contributed by atoms with Gasteiger partial charge in [0.25, 0.3) is 0 Å². The number of aromatic nitrogens is 1. The van der Waals surface area contributed by atoms with Crippen LogP contribution < -0.4 is 5.32 Å². The van der Waals surface area contributed by atoms with Crippen molar-refractivity contribution in [2.45, 2.75) is 46.1 Å². The van der Waals surface area contributed by atoms with Gasteiger partial charge < -0.3 is 10.4 Å². The molecular formula is C12H18N2O2S. The quantitative estimate of drug-likeness (QED) is 0.870. The number of carboxylic acids is 1. The zero-order valence-corrected chi connectivity index (χ0v) is 11.2. The van der Waals surface area contributed by atoms with E-state index in [1.807, 2.05) is 0 Å². The number of carbonyl (C=O) groups is 1. The Hall–Kier alpha value is -1.10. The summed E-state index contributed by atoms with van der Waals surface area (Å²) >= 11 is 1.23. The molecule has 0 aromatic carbocycles. The zero-order chi connectivity index (χ0) is 12.6. The Bertz CT molecular complexity index is 440. The van der Waals surface area contributed by atoms with Crippen LogP contribution in [0.5, 0.6) is 0 Å². The number of anilines is 1. The van der Waals surface area contributed by atoms with Crippen molar-refractivity contribution < 1.29 is 9.90 Å².